The van der Waals surface area contributed by atoms with Gasteiger partial charge in [0, 0.05) is 19.3 Å². The van der Waals surface area contributed by atoms with E-state index in [0.717, 1.165) is 42.3 Å². The number of morpholine rings is 1. The molecule has 1 aliphatic heterocycles. The summed E-state index contributed by atoms with van der Waals surface area (Å²) >= 11 is 6.47. The van der Waals surface area contributed by atoms with Gasteiger partial charge < -0.3 is 23.4 Å². The van der Waals surface area contributed by atoms with Crippen molar-refractivity contribution in [1.29, 1.82) is 0 Å². The fourth-order valence-electron chi connectivity index (χ4n) is 6.35. The summed E-state index contributed by atoms with van der Waals surface area (Å²) in [4.78, 5) is 33.5. The molecule has 0 unspecified atom stereocenters. The normalized spacial score (nSPS) is 20.7. The fraction of sp³-hybridized carbons (Fsp3) is 0.419. The van der Waals surface area contributed by atoms with Crippen LogP contribution in [0.3, 0.4) is 0 Å². The number of nitrogens with zero attached hydrogens (tertiary/aromatic N) is 7. The molecule has 0 spiro atoms. The topological polar surface area (TPSA) is 137 Å². The quantitative estimate of drug-likeness (QED) is 0.256. The first kappa shape index (κ1) is 28.5. The lowest BCUT2D eigenvalue weighted by Gasteiger charge is -2.37. The highest BCUT2D eigenvalue weighted by Crippen LogP contribution is 2.40. The summed E-state index contributed by atoms with van der Waals surface area (Å²) in [6.45, 7) is 4.81. The number of aromatic amines is 1. The third-order valence-electron chi connectivity index (χ3n) is 8.62. The van der Waals surface area contributed by atoms with Gasteiger partial charge in [-0.3, -0.25) is 0 Å². The second-order valence-electron chi connectivity index (χ2n) is 11.5. The number of ether oxygens (including phenoxy) is 2. The van der Waals surface area contributed by atoms with Gasteiger partial charge in [-0.05, 0) is 36.3 Å². The molecule has 2 aliphatic rings. The molecule has 1 saturated carbocycles. The number of methoxy groups -OCH3 is 1. The first-order valence-electron chi connectivity index (χ1n) is 14.9. The fourth-order valence-corrected chi connectivity index (χ4v) is 6.51. The number of hydrogen-bond donors (Lipinski definition) is 1. The number of halogens is 1. The lowest BCUT2D eigenvalue weighted by Crippen LogP contribution is -2.41. The van der Waals surface area contributed by atoms with Gasteiger partial charge in [0.25, 0.3) is 5.89 Å². The minimum Gasteiger partial charge on any atom is -0.481 e. The first-order valence-corrected chi connectivity index (χ1v) is 15.3. The van der Waals surface area contributed by atoms with Gasteiger partial charge in [-0.25, -0.2) is 24.8 Å². The highest BCUT2D eigenvalue weighted by Gasteiger charge is 2.33. The van der Waals surface area contributed by atoms with Crippen LogP contribution in [-0.4, -0.2) is 61.6 Å². The molecule has 1 N–H and O–H groups in total. The molecule has 228 valence electrons. The van der Waals surface area contributed by atoms with E-state index in [1.807, 2.05) is 18.2 Å². The Kier molecular flexibility index (Phi) is 7.77. The zero-order valence-corrected chi connectivity index (χ0v) is 25.3. The zero-order chi connectivity index (χ0) is 30.2. The molecule has 44 heavy (non-hydrogen) atoms. The van der Waals surface area contributed by atoms with Gasteiger partial charge in [-0.15, -0.1) is 5.10 Å². The lowest BCUT2D eigenvalue weighted by atomic mass is 9.83. The molecule has 1 atom stereocenters. The van der Waals surface area contributed by atoms with Gasteiger partial charge in [0.05, 0.1) is 37.0 Å². The van der Waals surface area contributed by atoms with E-state index in [1.54, 1.807) is 13.2 Å². The Morgan fingerprint density at radius 3 is 2.68 bits per heavy atom. The smallest absolute Gasteiger partial charge is 0.434 e. The van der Waals surface area contributed by atoms with Gasteiger partial charge in [0.1, 0.15) is 11.2 Å². The Hall–Kier alpha value is -4.29. The van der Waals surface area contributed by atoms with Crippen molar-refractivity contribution in [2.75, 3.05) is 31.8 Å². The van der Waals surface area contributed by atoms with Crippen molar-refractivity contribution in [3.8, 4) is 28.9 Å². The minimum absolute atomic E-state index is 0.0435. The number of benzene rings is 1. The van der Waals surface area contributed by atoms with Gasteiger partial charge in [-0.2, -0.15) is 4.98 Å². The Morgan fingerprint density at radius 1 is 1.11 bits per heavy atom. The van der Waals surface area contributed by atoms with Crippen molar-refractivity contribution < 1.29 is 13.9 Å². The molecule has 1 saturated heterocycles. The third kappa shape index (κ3) is 5.43. The van der Waals surface area contributed by atoms with E-state index < -0.39 is 5.76 Å². The summed E-state index contributed by atoms with van der Waals surface area (Å²) in [5.41, 5.74) is 3.38. The molecule has 5 heterocycles. The van der Waals surface area contributed by atoms with Crippen molar-refractivity contribution in [2.24, 2.45) is 11.8 Å². The Labute approximate surface area is 258 Å². The number of pyridine rings is 1. The van der Waals surface area contributed by atoms with Crippen molar-refractivity contribution in [3.05, 3.63) is 63.7 Å². The van der Waals surface area contributed by atoms with Crippen LogP contribution in [0.2, 0.25) is 5.02 Å². The average Bonchev–Trinajstić information content (AvgIpc) is 3.65. The van der Waals surface area contributed by atoms with Crippen LogP contribution in [0.4, 0.5) is 5.95 Å². The number of imidazole rings is 1. The largest absolute Gasteiger partial charge is 0.481 e. The van der Waals surface area contributed by atoms with Gasteiger partial charge in [0.2, 0.25) is 17.7 Å². The van der Waals surface area contributed by atoms with E-state index in [0.29, 0.717) is 53.5 Å². The Morgan fingerprint density at radius 2 is 1.93 bits per heavy atom. The molecule has 2 fully saturated rings. The second-order valence-corrected chi connectivity index (χ2v) is 12.0. The maximum Gasteiger partial charge on any atom is 0.434 e. The number of fused-ring (bicyclic) bond motifs is 1. The maximum atomic E-state index is 11.9. The second kappa shape index (κ2) is 12.0. The van der Waals surface area contributed by atoms with Gasteiger partial charge in [0.15, 0.2) is 5.65 Å². The van der Waals surface area contributed by atoms with Gasteiger partial charge in [-0.1, -0.05) is 61.7 Å². The highest BCUT2D eigenvalue weighted by atomic mass is 35.5. The minimum atomic E-state index is -0.705. The molecule has 5 aromatic rings. The van der Waals surface area contributed by atoms with Crippen LogP contribution >= 0.6 is 11.6 Å². The number of nitrogens with one attached hydrogen (secondary N) is 1. The SMILES string of the molecule is COc1ncc(Cl)cc1-c1nc(-c2n[nH]c(=O)o2)nc2nc(N3CCOC[C@H]3c3ccccc3)n(CC3CCC(C)CC3)c12. The number of H-pyrrole nitrogens is 1. The molecular formula is C31H33ClN8O4. The van der Waals surface area contributed by atoms with Crippen LogP contribution in [0.1, 0.15) is 44.2 Å². The van der Waals surface area contributed by atoms with Crippen LogP contribution in [0.15, 0.2) is 51.8 Å². The van der Waals surface area contributed by atoms with Crippen LogP contribution in [0.5, 0.6) is 5.88 Å². The van der Waals surface area contributed by atoms with E-state index in [1.165, 1.54) is 19.0 Å². The van der Waals surface area contributed by atoms with E-state index >= 15 is 0 Å². The Bertz CT molecular complexity index is 1830. The predicted octanol–water partition coefficient (Wildman–Crippen LogP) is 5.30. The molecule has 0 amide bonds. The highest BCUT2D eigenvalue weighted by molar-refractivity contribution is 6.30. The standard InChI is InChI=1S/C31H33ClN8O4/c1-18-8-10-19(11-9-18)16-40-25-24(22-14-21(32)15-33-28(22)42-2)34-27(29-37-38-31(41)44-29)35-26(25)36-30(40)39-12-13-43-17-23(39)20-6-4-3-5-7-20/h3-7,14-15,18-19,23H,8-13,16-17H2,1-2H3,(H,38,41)/t18?,19?,23-/m0/s1. The summed E-state index contributed by atoms with van der Waals surface area (Å²) < 4.78 is 19.2. The van der Waals surface area contributed by atoms with Gasteiger partial charge >= 0.3 is 5.76 Å². The van der Waals surface area contributed by atoms with E-state index in [9.17, 15) is 4.79 Å². The zero-order valence-electron chi connectivity index (χ0n) is 24.6. The summed E-state index contributed by atoms with van der Waals surface area (Å²) in [6.07, 6.45) is 6.16. The van der Waals surface area contributed by atoms with Crippen molar-refractivity contribution >= 4 is 28.7 Å². The van der Waals surface area contributed by atoms with E-state index in [2.05, 4.69) is 43.7 Å². The van der Waals surface area contributed by atoms with Crippen LogP contribution < -0.4 is 15.4 Å². The summed E-state index contributed by atoms with van der Waals surface area (Å²) in [5.74, 6) is 1.66. The molecule has 4 aromatic heterocycles. The third-order valence-corrected chi connectivity index (χ3v) is 8.83. The molecule has 13 heteroatoms. The molecule has 12 nitrogen and oxygen atoms in total. The van der Waals surface area contributed by atoms with E-state index in [4.69, 9.17) is 40.4 Å². The molecule has 0 bridgehead atoms. The molecule has 0 radical (unpaired) electrons. The summed E-state index contributed by atoms with van der Waals surface area (Å²) in [7, 11) is 1.55. The summed E-state index contributed by atoms with van der Waals surface area (Å²) in [5, 5.41) is 6.72. The maximum absolute atomic E-state index is 11.9. The number of hydrogen-bond acceptors (Lipinski definition) is 10. The van der Waals surface area contributed by atoms with Crippen molar-refractivity contribution in [3.63, 3.8) is 0 Å². The number of rotatable bonds is 7. The number of aromatic nitrogens is 7. The van der Waals surface area contributed by atoms with Crippen LogP contribution in [-0.2, 0) is 11.3 Å². The molecule has 7 rings (SSSR count). The monoisotopic (exact) mass is 616 g/mol. The van der Waals surface area contributed by atoms with E-state index in [-0.39, 0.29) is 17.8 Å². The first-order chi connectivity index (χ1) is 21.5. The number of anilines is 1. The lowest BCUT2D eigenvalue weighted by molar-refractivity contribution is 0.0927. The summed E-state index contributed by atoms with van der Waals surface area (Å²) in [6, 6.07) is 12.1. The van der Waals surface area contributed by atoms with Crippen LogP contribution in [0, 0.1) is 11.8 Å². The molecular weight excluding hydrogens is 584 g/mol. The predicted molar refractivity (Wildman–Crippen MR) is 165 cm³/mol. The van der Waals surface area contributed by atoms with Crippen LogP contribution in [0.25, 0.3) is 34.1 Å². The van der Waals surface area contributed by atoms with Crippen molar-refractivity contribution in [1.82, 2.24) is 34.7 Å². The molecule has 1 aliphatic carbocycles. The Balaban J connectivity index is 1.48. The molecule has 1 aromatic carbocycles. The average molecular weight is 617 g/mol. The van der Waals surface area contributed by atoms with Crippen molar-refractivity contribution in [2.45, 2.75) is 45.2 Å².